The van der Waals surface area contributed by atoms with Crippen molar-refractivity contribution < 1.29 is 4.39 Å². The predicted octanol–water partition coefficient (Wildman–Crippen LogP) is 4.48. The van der Waals surface area contributed by atoms with Crippen molar-refractivity contribution >= 4 is 28.6 Å². The number of halogens is 2. The Hall–Kier alpha value is -1.85. The fraction of sp³-hybridized carbons (Fsp3) is 0.133. The second-order valence-electron chi connectivity index (χ2n) is 4.61. The minimum atomic E-state index is -0.352. The van der Waals surface area contributed by atoms with Crippen molar-refractivity contribution in [2.45, 2.75) is 6.04 Å². The molecule has 0 amide bonds. The molecular formula is C15H13ClFN3S. The van der Waals surface area contributed by atoms with Crippen molar-refractivity contribution in [3.63, 3.8) is 0 Å². The third-order valence-corrected chi connectivity index (χ3v) is 4.43. The highest BCUT2D eigenvalue weighted by Gasteiger charge is 2.20. The molecule has 0 aliphatic carbocycles. The van der Waals surface area contributed by atoms with Crippen molar-refractivity contribution in [2.24, 2.45) is 7.05 Å². The molecule has 21 heavy (non-hydrogen) atoms. The van der Waals surface area contributed by atoms with Gasteiger partial charge < -0.3 is 9.88 Å². The number of benzene rings is 1. The van der Waals surface area contributed by atoms with E-state index in [0.717, 1.165) is 10.7 Å². The first-order valence-corrected chi connectivity index (χ1v) is 7.63. The maximum atomic E-state index is 13.2. The summed E-state index contributed by atoms with van der Waals surface area (Å²) in [6.07, 6.45) is 3.65. The van der Waals surface area contributed by atoms with Gasteiger partial charge in [-0.3, -0.25) is 0 Å². The average molecular weight is 322 g/mol. The van der Waals surface area contributed by atoms with E-state index >= 15 is 0 Å². The smallest absolute Gasteiger partial charge is 0.136 e. The normalized spacial score (nSPS) is 12.3. The number of imidazole rings is 1. The van der Waals surface area contributed by atoms with Gasteiger partial charge in [-0.1, -0.05) is 17.7 Å². The summed E-state index contributed by atoms with van der Waals surface area (Å²) in [6, 6.07) is 8.22. The van der Waals surface area contributed by atoms with E-state index in [1.807, 2.05) is 35.3 Å². The largest absolute Gasteiger partial charge is 0.370 e. The number of anilines is 1. The van der Waals surface area contributed by atoms with E-state index in [9.17, 15) is 4.39 Å². The van der Waals surface area contributed by atoms with Gasteiger partial charge in [0.05, 0.1) is 10.7 Å². The molecule has 0 aliphatic heterocycles. The number of hydrogen-bond donors (Lipinski definition) is 1. The maximum absolute atomic E-state index is 13.2. The van der Waals surface area contributed by atoms with Gasteiger partial charge in [-0.25, -0.2) is 9.37 Å². The third-order valence-electron chi connectivity index (χ3n) is 3.18. The number of aromatic nitrogens is 2. The highest BCUT2D eigenvalue weighted by Crippen LogP contribution is 2.32. The molecule has 0 bridgehead atoms. The molecule has 1 atom stereocenters. The fourth-order valence-corrected chi connectivity index (χ4v) is 3.13. The van der Waals surface area contributed by atoms with Gasteiger partial charge in [-0.15, -0.1) is 11.3 Å². The summed E-state index contributed by atoms with van der Waals surface area (Å²) in [4.78, 5) is 5.52. The highest BCUT2D eigenvalue weighted by atomic mass is 35.5. The minimum Gasteiger partial charge on any atom is -0.370 e. The van der Waals surface area contributed by atoms with E-state index in [-0.39, 0.29) is 11.9 Å². The van der Waals surface area contributed by atoms with E-state index in [1.165, 1.54) is 12.1 Å². The molecule has 0 saturated heterocycles. The molecule has 2 heterocycles. The summed E-state index contributed by atoms with van der Waals surface area (Å²) in [5, 5.41) is 5.71. The number of hydrogen-bond acceptors (Lipinski definition) is 3. The molecule has 3 rings (SSSR count). The zero-order valence-corrected chi connectivity index (χ0v) is 12.8. The number of nitrogens with one attached hydrogen (secondary N) is 1. The lowest BCUT2D eigenvalue weighted by molar-refractivity contribution is 0.628. The molecule has 1 unspecified atom stereocenters. The molecule has 2 aromatic heterocycles. The van der Waals surface area contributed by atoms with Crippen LogP contribution in [0.15, 0.2) is 48.1 Å². The van der Waals surface area contributed by atoms with E-state index in [0.29, 0.717) is 10.7 Å². The Morgan fingerprint density at radius 1 is 1.38 bits per heavy atom. The Labute approximate surface area is 131 Å². The van der Waals surface area contributed by atoms with Crippen molar-refractivity contribution in [2.75, 3.05) is 5.32 Å². The van der Waals surface area contributed by atoms with Crippen molar-refractivity contribution in [1.82, 2.24) is 9.55 Å². The molecule has 0 fully saturated rings. The second kappa shape index (κ2) is 5.87. The van der Waals surface area contributed by atoms with Crippen LogP contribution < -0.4 is 5.32 Å². The van der Waals surface area contributed by atoms with Crippen LogP contribution >= 0.6 is 22.9 Å². The summed E-state index contributed by atoms with van der Waals surface area (Å²) in [7, 11) is 1.94. The van der Waals surface area contributed by atoms with Crippen LogP contribution in [0.4, 0.5) is 10.1 Å². The Bertz CT molecular complexity index is 739. The van der Waals surface area contributed by atoms with Gasteiger partial charge in [0.2, 0.25) is 0 Å². The van der Waals surface area contributed by atoms with Crippen LogP contribution in [0, 0.1) is 5.82 Å². The first kappa shape index (κ1) is 14.1. The summed E-state index contributed by atoms with van der Waals surface area (Å²) < 4.78 is 15.1. The van der Waals surface area contributed by atoms with Crippen LogP contribution in [-0.2, 0) is 7.05 Å². The second-order valence-corrected chi connectivity index (χ2v) is 6.00. The monoisotopic (exact) mass is 321 g/mol. The van der Waals surface area contributed by atoms with E-state index in [4.69, 9.17) is 11.6 Å². The van der Waals surface area contributed by atoms with Gasteiger partial charge in [0.1, 0.15) is 17.7 Å². The van der Waals surface area contributed by atoms with Crippen LogP contribution in [0.25, 0.3) is 0 Å². The van der Waals surface area contributed by atoms with Gasteiger partial charge in [-0.2, -0.15) is 0 Å². The highest BCUT2D eigenvalue weighted by molar-refractivity contribution is 7.10. The molecule has 3 aromatic rings. The molecule has 0 spiro atoms. The molecular weight excluding hydrogens is 309 g/mol. The lowest BCUT2D eigenvalue weighted by Gasteiger charge is -2.19. The van der Waals surface area contributed by atoms with Gasteiger partial charge in [-0.05, 0) is 29.6 Å². The topological polar surface area (TPSA) is 29.9 Å². The lowest BCUT2D eigenvalue weighted by atomic mass is 10.2. The Kier molecular flexibility index (Phi) is 3.94. The summed E-state index contributed by atoms with van der Waals surface area (Å²) in [5.41, 5.74) is 0.680. The molecule has 1 N–H and O–H groups in total. The zero-order valence-electron chi connectivity index (χ0n) is 11.3. The van der Waals surface area contributed by atoms with Crippen LogP contribution in [0.5, 0.6) is 0 Å². The number of nitrogens with zero attached hydrogens (tertiary/aromatic N) is 2. The van der Waals surface area contributed by atoms with Crippen molar-refractivity contribution in [3.05, 3.63) is 69.6 Å². The standard InChI is InChI=1S/C15H13ClFN3S/c1-20-7-6-18-15(20)14(13-3-2-8-21-13)19-12-5-4-10(17)9-11(12)16/h2-9,14,19H,1H3. The SMILES string of the molecule is Cn1ccnc1C(Nc1ccc(F)cc1Cl)c1cccs1. The molecule has 108 valence electrons. The molecule has 6 heteroatoms. The Morgan fingerprint density at radius 2 is 2.24 bits per heavy atom. The van der Waals surface area contributed by atoms with Gasteiger partial charge in [0, 0.05) is 24.3 Å². The van der Waals surface area contributed by atoms with Gasteiger partial charge >= 0.3 is 0 Å². The zero-order chi connectivity index (χ0) is 14.8. The molecule has 0 aliphatic rings. The van der Waals surface area contributed by atoms with Crippen molar-refractivity contribution in [3.8, 4) is 0 Å². The predicted molar refractivity (Wildman–Crippen MR) is 84.4 cm³/mol. The molecule has 1 aromatic carbocycles. The van der Waals surface area contributed by atoms with E-state index in [1.54, 1.807) is 23.6 Å². The molecule has 0 radical (unpaired) electrons. The fourth-order valence-electron chi connectivity index (χ4n) is 2.14. The van der Waals surface area contributed by atoms with E-state index < -0.39 is 0 Å². The van der Waals surface area contributed by atoms with Crippen LogP contribution in [0.1, 0.15) is 16.7 Å². The quantitative estimate of drug-likeness (QED) is 0.768. The average Bonchev–Trinajstić information content (AvgIpc) is 3.10. The summed E-state index contributed by atoms with van der Waals surface area (Å²) in [6.45, 7) is 0. The van der Waals surface area contributed by atoms with Crippen molar-refractivity contribution in [1.29, 1.82) is 0 Å². The summed E-state index contributed by atoms with van der Waals surface area (Å²) >= 11 is 7.74. The minimum absolute atomic E-state index is 0.132. The van der Waals surface area contributed by atoms with E-state index in [2.05, 4.69) is 10.3 Å². The number of aryl methyl sites for hydroxylation is 1. The first-order chi connectivity index (χ1) is 10.1. The maximum Gasteiger partial charge on any atom is 0.136 e. The van der Waals surface area contributed by atoms with Crippen LogP contribution in [0.2, 0.25) is 5.02 Å². The molecule has 3 nitrogen and oxygen atoms in total. The van der Waals surface area contributed by atoms with Crippen LogP contribution in [0.3, 0.4) is 0 Å². The number of rotatable bonds is 4. The van der Waals surface area contributed by atoms with Crippen LogP contribution in [-0.4, -0.2) is 9.55 Å². The van der Waals surface area contributed by atoms with Gasteiger partial charge in [0.15, 0.2) is 0 Å². The Morgan fingerprint density at radius 3 is 2.86 bits per heavy atom. The third kappa shape index (κ3) is 2.94. The van der Waals surface area contributed by atoms with Gasteiger partial charge in [0.25, 0.3) is 0 Å². The number of thiophene rings is 1. The first-order valence-electron chi connectivity index (χ1n) is 6.37. The molecule has 0 saturated carbocycles. The Balaban J connectivity index is 1.99. The summed E-state index contributed by atoms with van der Waals surface area (Å²) in [5.74, 6) is 0.521. The lowest BCUT2D eigenvalue weighted by Crippen LogP contribution is -2.15.